The van der Waals surface area contributed by atoms with Gasteiger partial charge in [-0.3, -0.25) is 14.9 Å². The Kier molecular flexibility index (Phi) is 4.27. The van der Waals surface area contributed by atoms with Crippen LogP contribution in [0.2, 0.25) is 0 Å². The first kappa shape index (κ1) is 13.0. The Morgan fingerprint density at radius 1 is 1.67 bits per heavy atom. The highest BCUT2D eigenvalue weighted by atomic mass is 32.1. The second-order valence-electron chi connectivity index (χ2n) is 3.89. The molecule has 0 radical (unpaired) electrons. The highest BCUT2D eigenvalue weighted by Crippen LogP contribution is 2.19. The van der Waals surface area contributed by atoms with E-state index >= 15 is 0 Å². The van der Waals surface area contributed by atoms with Gasteiger partial charge in [-0.2, -0.15) is 0 Å². The first-order chi connectivity index (χ1) is 8.69. The van der Waals surface area contributed by atoms with Gasteiger partial charge in [0.2, 0.25) is 0 Å². The van der Waals surface area contributed by atoms with Crippen molar-refractivity contribution in [3.63, 3.8) is 0 Å². The van der Waals surface area contributed by atoms with Gasteiger partial charge in [-0.05, 0) is 12.8 Å². The van der Waals surface area contributed by atoms with Gasteiger partial charge in [0.1, 0.15) is 6.10 Å². The molecule has 1 aromatic heterocycles. The van der Waals surface area contributed by atoms with Gasteiger partial charge in [0, 0.05) is 12.0 Å². The number of methoxy groups -OCH3 is 1. The lowest BCUT2D eigenvalue weighted by atomic mass is 10.2. The number of nitrogens with one attached hydrogen (secondary N) is 1. The molecular formula is C11H14N2O4S. The summed E-state index contributed by atoms with van der Waals surface area (Å²) in [6.45, 7) is 0.629. The maximum absolute atomic E-state index is 11.7. The molecule has 7 heteroatoms. The number of anilines is 1. The normalized spacial score (nSPS) is 18.6. The molecule has 2 rings (SSSR count). The Morgan fingerprint density at radius 3 is 3.17 bits per heavy atom. The number of hydrogen-bond donors (Lipinski definition) is 1. The van der Waals surface area contributed by atoms with Crippen LogP contribution < -0.4 is 5.32 Å². The highest BCUT2D eigenvalue weighted by molar-refractivity contribution is 7.13. The predicted octanol–water partition coefficient (Wildman–Crippen LogP) is 0.976. The molecule has 1 aliphatic rings. The molecular weight excluding hydrogens is 256 g/mol. The van der Waals surface area contributed by atoms with Gasteiger partial charge in [-0.15, -0.1) is 11.3 Å². The molecule has 2 heterocycles. The van der Waals surface area contributed by atoms with Gasteiger partial charge < -0.3 is 9.47 Å². The second kappa shape index (κ2) is 5.92. The number of hydrogen-bond acceptors (Lipinski definition) is 6. The number of ether oxygens (including phenoxy) is 2. The maximum atomic E-state index is 11.7. The fourth-order valence-corrected chi connectivity index (χ4v) is 2.35. The quantitative estimate of drug-likeness (QED) is 0.825. The standard InChI is InChI=1S/C11H14N2O4S/c1-16-9(14)5-7-6-18-11(12-7)13-10(15)8-3-2-4-17-8/h6,8H,2-5H2,1H3,(H,12,13,15). The van der Waals surface area contributed by atoms with Crippen LogP contribution in [0, 0.1) is 0 Å². The molecule has 6 nitrogen and oxygen atoms in total. The van der Waals surface area contributed by atoms with Gasteiger partial charge in [-0.25, -0.2) is 4.98 Å². The van der Waals surface area contributed by atoms with Crippen molar-refractivity contribution in [2.45, 2.75) is 25.4 Å². The van der Waals surface area contributed by atoms with Crippen LogP contribution in [0.15, 0.2) is 5.38 Å². The van der Waals surface area contributed by atoms with Crippen LogP contribution in [0.1, 0.15) is 18.5 Å². The molecule has 0 aliphatic carbocycles. The summed E-state index contributed by atoms with van der Waals surface area (Å²) in [6, 6.07) is 0. The Balaban J connectivity index is 1.89. The predicted molar refractivity (Wildman–Crippen MR) is 65.4 cm³/mol. The number of nitrogens with zero attached hydrogens (tertiary/aromatic N) is 1. The number of thiazole rings is 1. The highest BCUT2D eigenvalue weighted by Gasteiger charge is 2.24. The molecule has 0 saturated carbocycles. The SMILES string of the molecule is COC(=O)Cc1csc(NC(=O)C2CCCO2)n1. The molecule has 0 aromatic carbocycles. The number of amides is 1. The van der Waals surface area contributed by atoms with E-state index in [4.69, 9.17) is 4.74 Å². The molecule has 1 unspecified atom stereocenters. The lowest BCUT2D eigenvalue weighted by molar-refractivity contribution is -0.139. The summed E-state index contributed by atoms with van der Waals surface area (Å²) >= 11 is 1.28. The lowest BCUT2D eigenvalue weighted by Crippen LogP contribution is -2.26. The maximum Gasteiger partial charge on any atom is 0.311 e. The van der Waals surface area contributed by atoms with Crippen molar-refractivity contribution >= 4 is 28.3 Å². The fraction of sp³-hybridized carbons (Fsp3) is 0.545. The summed E-state index contributed by atoms with van der Waals surface area (Å²) in [4.78, 5) is 26.9. The average Bonchev–Trinajstić information content (AvgIpc) is 3.00. The molecule has 1 aromatic rings. The third-order valence-electron chi connectivity index (χ3n) is 2.56. The smallest absolute Gasteiger partial charge is 0.311 e. The number of carbonyl (C=O) groups is 2. The van der Waals surface area contributed by atoms with E-state index in [9.17, 15) is 9.59 Å². The van der Waals surface area contributed by atoms with Gasteiger partial charge in [0.25, 0.3) is 5.91 Å². The summed E-state index contributed by atoms with van der Waals surface area (Å²) in [5, 5.41) is 4.89. The van der Waals surface area contributed by atoms with Gasteiger partial charge in [0.15, 0.2) is 5.13 Å². The van der Waals surface area contributed by atoms with E-state index in [-0.39, 0.29) is 24.4 Å². The zero-order valence-electron chi connectivity index (χ0n) is 9.97. The molecule has 98 valence electrons. The van der Waals surface area contributed by atoms with Crippen LogP contribution in [-0.4, -0.2) is 36.7 Å². The number of aromatic nitrogens is 1. The van der Waals surface area contributed by atoms with Crippen molar-refractivity contribution in [1.82, 2.24) is 4.98 Å². The van der Waals surface area contributed by atoms with Gasteiger partial charge in [0.05, 0.1) is 19.2 Å². The van der Waals surface area contributed by atoms with Crippen LogP contribution in [0.25, 0.3) is 0 Å². The van der Waals surface area contributed by atoms with E-state index in [1.165, 1.54) is 18.4 Å². The zero-order chi connectivity index (χ0) is 13.0. The number of esters is 1. The summed E-state index contributed by atoms with van der Waals surface area (Å²) in [7, 11) is 1.33. The summed E-state index contributed by atoms with van der Waals surface area (Å²) in [5.41, 5.74) is 0.592. The Morgan fingerprint density at radius 2 is 2.50 bits per heavy atom. The van der Waals surface area contributed by atoms with Crippen molar-refractivity contribution in [3.8, 4) is 0 Å². The van der Waals surface area contributed by atoms with Crippen LogP contribution in [0.5, 0.6) is 0 Å². The van der Waals surface area contributed by atoms with E-state index in [1.54, 1.807) is 5.38 Å². The summed E-state index contributed by atoms with van der Waals surface area (Å²) in [6.07, 6.45) is 1.39. The van der Waals surface area contributed by atoms with Crippen molar-refractivity contribution in [3.05, 3.63) is 11.1 Å². The van der Waals surface area contributed by atoms with E-state index in [1.807, 2.05) is 0 Å². The summed E-state index contributed by atoms with van der Waals surface area (Å²) < 4.78 is 9.81. The van der Waals surface area contributed by atoms with Crippen LogP contribution in [-0.2, 0) is 25.5 Å². The minimum absolute atomic E-state index is 0.114. The Hall–Kier alpha value is -1.47. The van der Waals surface area contributed by atoms with Crippen molar-refractivity contribution in [2.75, 3.05) is 19.0 Å². The second-order valence-corrected chi connectivity index (χ2v) is 4.75. The van der Waals surface area contributed by atoms with E-state index in [2.05, 4.69) is 15.0 Å². The van der Waals surface area contributed by atoms with E-state index in [0.29, 0.717) is 17.4 Å². The zero-order valence-corrected chi connectivity index (χ0v) is 10.8. The summed E-state index contributed by atoms with van der Waals surface area (Å²) in [5.74, 6) is -0.524. The minimum atomic E-state index is -0.377. The van der Waals surface area contributed by atoms with Gasteiger partial charge in [-0.1, -0.05) is 0 Å². The van der Waals surface area contributed by atoms with Crippen LogP contribution >= 0.6 is 11.3 Å². The topological polar surface area (TPSA) is 77.5 Å². The molecule has 0 bridgehead atoms. The number of rotatable bonds is 4. The Labute approximate surface area is 108 Å². The molecule has 1 fully saturated rings. The minimum Gasteiger partial charge on any atom is -0.469 e. The molecule has 1 amide bonds. The van der Waals surface area contributed by atoms with Crippen LogP contribution in [0.4, 0.5) is 5.13 Å². The third-order valence-corrected chi connectivity index (χ3v) is 3.36. The van der Waals surface area contributed by atoms with Gasteiger partial charge >= 0.3 is 5.97 Å². The third kappa shape index (κ3) is 3.27. The van der Waals surface area contributed by atoms with E-state index in [0.717, 1.165) is 12.8 Å². The Bertz CT molecular complexity index is 440. The number of carbonyl (C=O) groups excluding carboxylic acids is 2. The van der Waals surface area contributed by atoms with Crippen molar-refractivity contribution in [2.24, 2.45) is 0 Å². The van der Waals surface area contributed by atoms with Crippen molar-refractivity contribution in [1.29, 1.82) is 0 Å². The molecule has 1 aliphatic heterocycles. The lowest BCUT2D eigenvalue weighted by Gasteiger charge is -2.07. The first-order valence-corrected chi connectivity index (χ1v) is 6.50. The molecule has 1 atom stereocenters. The van der Waals surface area contributed by atoms with Crippen molar-refractivity contribution < 1.29 is 19.1 Å². The average molecular weight is 270 g/mol. The largest absolute Gasteiger partial charge is 0.469 e. The monoisotopic (exact) mass is 270 g/mol. The first-order valence-electron chi connectivity index (χ1n) is 5.62. The molecule has 1 saturated heterocycles. The fourth-order valence-electron chi connectivity index (χ4n) is 1.64. The molecule has 1 N–H and O–H groups in total. The van der Waals surface area contributed by atoms with E-state index < -0.39 is 0 Å². The van der Waals surface area contributed by atoms with Crippen LogP contribution in [0.3, 0.4) is 0 Å². The molecule has 18 heavy (non-hydrogen) atoms. The molecule has 0 spiro atoms.